The summed E-state index contributed by atoms with van der Waals surface area (Å²) < 4.78 is 18.7. The molecule has 2 aliphatic rings. The fourth-order valence-electron chi connectivity index (χ4n) is 3.39. The molecule has 3 heterocycles. The van der Waals surface area contributed by atoms with Crippen LogP contribution >= 0.6 is 0 Å². The number of hydrogen-bond acceptors (Lipinski definition) is 6. The van der Waals surface area contributed by atoms with Gasteiger partial charge in [-0.05, 0) is 6.92 Å². The SMILES string of the molecule is Cc1cn([C@@H]2CO[C@@H]3COC(c4ccccc4)O[C@H]3[C@H]2O)c(=O)[nH]c1=O. The van der Waals surface area contributed by atoms with E-state index in [0.717, 1.165) is 5.56 Å². The van der Waals surface area contributed by atoms with Gasteiger partial charge in [0.05, 0.1) is 19.3 Å². The lowest BCUT2D eigenvalue weighted by Gasteiger charge is -2.45. The summed E-state index contributed by atoms with van der Waals surface area (Å²) in [6, 6.07) is 8.77. The van der Waals surface area contributed by atoms with Gasteiger partial charge in [0, 0.05) is 17.3 Å². The fraction of sp³-hybridized carbons (Fsp3) is 0.444. The van der Waals surface area contributed by atoms with E-state index in [1.807, 2.05) is 30.3 Å². The third-order valence-electron chi connectivity index (χ3n) is 4.85. The van der Waals surface area contributed by atoms with Gasteiger partial charge in [-0.25, -0.2) is 4.79 Å². The van der Waals surface area contributed by atoms with Crippen LogP contribution in [0.4, 0.5) is 0 Å². The highest BCUT2D eigenvalue weighted by atomic mass is 16.7. The lowest BCUT2D eigenvalue weighted by atomic mass is 9.96. The van der Waals surface area contributed by atoms with E-state index >= 15 is 0 Å². The molecule has 8 heteroatoms. The summed E-state index contributed by atoms with van der Waals surface area (Å²) in [6.07, 6.45) is -1.21. The molecule has 0 saturated carbocycles. The van der Waals surface area contributed by atoms with Gasteiger partial charge in [-0.1, -0.05) is 30.3 Å². The van der Waals surface area contributed by atoms with E-state index in [0.29, 0.717) is 5.56 Å². The van der Waals surface area contributed by atoms with Gasteiger partial charge in [-0.2, -0.15) is 0 Å². The minimum atomic E-state index is -0.980. The molecule has 0 amide bonds. The standard InChI is InChI=1S/C18H20N2O6/c1-10-7-20(18(23)19-16(10)22)12-8-24-13-9-25-17(26-15(13)14(12)21)11-5-3-2-4-6-11/h2-7,12-15,17,21H,8-9H2,1H3,(H,19,22,23)/t12-,13-,14+,15-,17?/m1/s1. The Bertz CT molecular complexity index is 893. The number of nitrogens with zero attached hydrogens (tertiary/aromatic N) is 1. The van der Waals surface area contributed by atoms with Gasteiger partial charge in [-0.3, -0.25) is 14.3 Å². The van der Waals surface area contributed by atoms with Crippen molar-refractivity contribution in [3.63, 3.8) is 0 Å². The molecule has 1 aromatic carbocycles. The first kappa shape index (κ1) is 17.2. The van der Waals surface area contributed by atoms with E-state index in [1.54, 1.807) is 6.92 Å². The average molecular weight is 360 g/mol. The van der Waals surface area contributed by atoms with E-state index in [4.69, 9.17) is 14.2 Å². The fourth-order valence-corrected chi connectivity index (χ4v) is 3.39. The van der Waals surface area contributed by atoms with Crippen molar-refractivity contribution in [1.82, 2.24) is 9.55 Å². The summed E-state index contributed by atoms with van der Waals surface area (Å²) in [7, 11) is 0. The third-order valence-corrected chi connectivity index (χ3v) is 4.85. The molecule has 26 heavy (non-hydrogen) atoms. The van der Waals surface area contributed by atoms with Crippen LogP contribution in [0.2, 0.25) is 0 Å². The number of fused-ring (bicyclic) bond motifs is 1. The maximum absolute atomic E-state index is 12.2. The molecular formula is C18H20N2O6. The quantitative estimate of drug-likeness (QED) is 0.796. The zero-order chi connectivity index (χ0) is 18.3. The van der Waals surface area contributed by atoms with Crippen LogP contribution in [0.1, 0.15) is 23.5 Å². The van der Waals surface area contributed by atoms with E-state index in [2.05, 4.69) is 4.98 Å². The Morgan fingerprint density at radius 3 is 2.69 bits per heavy atom. The number of aromatic nitrogens is 2. The second-order valence-electron chi connectivity index (χ2n) is 6.59. The molecule has 1 unspecified atom stereocenters. The summed E-state index contributed by atoms with van der Waals surface area (Å²) in [6.45, 7) is 2.01. The van der Waals surface area contributed by atoms with Crippen molar-refractivity contribution in [1.29, 1.82) is 0 Å². The maximum Gasteiger partial charge on any atom is 0.328 e. The number of ether oxygens (including phenoxy) is 3. The number of nitrogens with one attached hydrogen (secondary N) is 1. The summed E-state index contributed by atoms with van der Waals surface area (Å²) in [5, 5.41) is 10.9. The zero-order valence-electron chi connectivity index (χ0n) is 14.2. The Hall–Kier alpha value is -2.26. The summed E-state index contributed by atoms with van der Waals surface area (Å²) in [5.74, 6) is 0. The number of hydrogen-bond donors (Lipinski definition) is 2. The minimum Gasteiger partial charge on any atom is -0.388 e. The highest BCUT2D eigenvalue weighted by molar-refractivity contribution is 5.16. The Kier molecular flexibility index (Phi) is 4.49. The number of benzene rings is 1. The average Bonchev–Trinajstić information content (AvgIpc) is 2.66. The second kappa shape index (κ2) is 6.81. The van der Waals surface area contributed by atoms with Gasteiger partial charge in [0.15, 0.2) is 6.29 Å². The molecule has 2 fully saturated rings. The summed E-state index contributed by atoms with van der Waals surface area (Å²) in [4.78, 5) is 26.0. The molecule has 138 valence electrons. The Morgan fingerprint density at radius 2 is 1.92 bits per heavy atom. The molecule has 2 N–H and O–H groups in total. The highest BCUT2D eigenvalue weighted by Gasteiger charge is 2.45. The van der Waals surface area contributed by atoms with Gasteiger partial charge in [0.2, 0.25) is 0 Å². The molecule has 2 aliphatic heterocycles. The lowest BCUT2D eigenvalue weighted by Crippen LogP contribution is -2.57. The molecule has 1 aromatic heterocycles. The van der Waals surface area contributed by atoms with Crippen LogP contribution in [0.15, 0.2) is 46.1 Å². The highest BCUT2D eigenvalue weighted by Crippen LogP contribution is 2.34. The van der Waals surface area contributed by atoms with Gasteiger partial charge >= 0.3 is 5.69 Å². The monoisotopic (exact) mass is 360 g/mol. The minimum absolute atomic E-state index is 0.121. The Labute approximate surface area is 149 Å². The van der Waals surface area contributed by atoms with Crippen molar-refractivity contribution in [3.8, 4) is 0 Å². The molecule has 0 aliphatic carbocycles. The van der Waals surface area contributed by atoms with E-state index < -0.39 is 41.9 Å². The maximum atomic E-state index is 12.2. The van der Waals surface area contributed by atoms with Crippen LogP contribution < -0.4 is 11.2 Å². The van der Waals surface area contributed by atoms with Crippen LogP contribution in [-0.4, -0.2) is 46.2 Å². The molecule has 2 aromatic rings. The van der Waals surface area contributed by atoms with Crippen LogP contribution in [0, 0.1) is 6.92 Å². The molecule has 8 nitrogen and oxygen atoms in total. The van der Waals surface area contributed by atoms with Gasteiger partial charge in [0.1, 0.15) is 18.3 Å². The van der Waals surface area contributed by atoms with Crippen LogP contribution in [0.3, 0.4) is 0 Å². The first-order valence-electron chi connectivity index (χ1n) is 8.48. The van der Waals surface area contributed by atoms with Gasteiger partial charge in [-0.15, -0.1) is 0 Å². The van der Waals surface area contributed by atoms with E-state index in [-0.39, 0.29) is 13.2 Å². The lowest BCUT2D eigenvalue weighted by molar-refractivity contribution is -0.306. The van der Waals surface area contributed by atoms with E-state index in [1.165, 1.54) is 10.8 Å². The number of rotatable bonds is 2. The molecule has 2 saturated heterocycles. The van der Waals surface area contributed by atoms with Crippen LogP contribution in [0.25, 0.3) is 0 Å². The summed E-state index contributed by atoms with van der Waals surface area (Å²) in [5.41, 5.74) is 0.200. The van der Waals surface area contributed by atoms with Crippen molar-refractivity contribution in [2.45, 2.75) is 37.6 Å². The third kappa shape index (κ3) is 3.01. The molecule has 0 radical (unpaired) electrons. The molecule has 0 spiro atoms. The Balaban J connectivity index is 1.60. The van der Waals surface area contributed by atoms with Crippen molar-refractivity contribution < 1.29 is 19.3 Å². The number of aliphatic hydroxyl groups excluding tert-OH is 1. The molecule has 0 bridgehead atoms. The molecule has 4 rings (SSSR count). The first-order valence-corrected chi connectivity index (χ1v) is 8.48. The predicted molar refractivity (Wildman–Crippen MR) is 90.9 cm³/mol. The van der Waals surface area contributed by atoms with Crippen LogP contribution in [0.5, 0.6) is 0 Å². The molecular weight excluding hydrogens is 340 g/mol. The van der Waals surface area contributed by atoms with Crippen LogP contribution in [-0.2, 0) is 14.2 Å². The number of aliphatic hydroxyl groups is 1. The number of aryl methyl sites for hydroxylation is 1. The normalized spacial score (nSPS) is 31.4. The second-order valence-corrected chi connectivity index (χ2v) is 6.59. The van der Waals surface area contributed by atoms with Gasteiger partial charge < -0.3 is 19.3 Å². The number of aromatic amines is 1. The smallest absolute Gasteiger partial charge is 0.328 e. The number of H-pyrrole nitrogens is 1. The van der Waals surface area contributed by atoms with E-state index in [9.17, 15) is 14.7 Å². The van der Waals surface area contributed by atoms with Crippen molar-refractivity contribution in [2.24, 2.45) is 0 Å². The topological polar surface area (TPSA) is 103 Å². The first-order chi connectivity index (χ1) is 12.5. The van der Waals surface area contributed by atoms with Crippen molar-refractivity contribution >= 4 is 0 Å². The predicted octanol–water partition coefficient (Wildman–Crippen LogP) is 0.260. The molecule has 5 atom stereocenters. The van der Waals surface area contributed by atoms with Crippen molar-refractivity contribution in [3.05, 3.63) is 68.5 Å². The Morgan fingerprint density at radius 1 is 1.15 bits per heavy atom. The largest absolute Gasteiger partial charge is 0.388 e. The zero-order valence-corrected chi connectivity index (χ0v) is 14.2. The summed E-state index contributed by atoms with van der Waals surface area (Å²) >= 11 is 0. The van der Waals surface area contributed by atoms with Crippen molar-refractivity contribution in [2.75, 3.05) is 13.2 Å². The van der Waals surface area contributed by atoms with Gasteiger partial charge in [0.25, 0.3) is 5.56 Å².